The first-order valence-corrected chi connectivity index (χ1v) is 10.2. The number of carbonyl (C=O) groups excluding carboxylic acids is 3. The summed E-state index contributed by atoms with van der Waals surface area (Å²) in [6.07, 6.45) is 3.26. The number of thioether (sulfide) groups is 1. The normalized spacial score (nSPS) is 17.8. The molecule has 0 spiro atoms. The summed E-state index contributed by atoms with van der Waals surface area (Å²) < 4.78 is 0. The Hall–Kier alpha value is -2.78. The van der Waals surface area contributed by atoms with Crippen LogP contribution in [0.4, 0.5) is 10.8 Å². The number of hydrogen-bond donors (Lipinski definition) is 1. The van der Waals surface area contributed by atoms with Crippen LogP contribution in [0.1, 0.15) is 23.7 Å². The first kappa shape index (κ1) is 20.0. The molecule has 144 valence electrons. The van der Waals surface area contributed by atoms with Gasteiger partial charge in [-0.1, -0.05) is 30.0 Å². The van der Waals surface area contributed by atoms with Crippen LogP contribution in [-0.4, -0.2) is 44.4 Å². The van der Waals surface area contributed by atoms with Crippen molar-refractivity contribution in [1.29, 1.82) is 0 Å². The van der Waals surface area contributed by atoms with E-state index in [-0.39, 0.29) is 24.0 Å². The van der Waals surface area contributed by atoms with Gasteiger partial charge in [-0.2, -0.15) is 4.99 Å². The highest BCUT2D eigenvalue weighted by Gasteiger charge is 2.38. The van der Waals surface area contributed by atoms with Crippen LogP contribution in [-0.2, 0) is 9.59 Å². The minimum Gasteiger partial charge on any atom is -0.326 e. The van der Waals surface area contributed by atoms with Crippen molar-refractivity contribution in [3.8, 4) is 0 Å². The molecule has 0 bridgehead atoms. The number of Topliss-reactive ketones (excluding diaryl/α,β-unsaturated/α-hetero) is 1. The molecule has 0 radical (unpaired) electrons. The average Bonchev–Trinajstić information content (AvgIpc) is 3.26. The van der Waals surface area contributed by atoms with E-state index in [0.29, 0.717) is 28.1 Å². The van der Waals surface area contributed by atoms with Gasteiger partial charge < -0.3 is 5.32 Å². The molecule has 1 unspecified atom stereocenters. The highest BCUT2D eigenvalue weighted by atomic mass is 32.2. The highest BCUT2D eigenvalue weighted by molar-refractivity contribution is 8.15. The molecule has 1 saturated heterocycles. The number of carbonyl (C=O) groups is 3. The van der Waals surface area contributed by atoms with E-state index in [1.807, 2.05) is 0 Å². The lowest BCUT2D eigenvalue weighted by atomic mass is 10.1. The first-order chi connectivity index (χ1) is 13.5. The van der Waals surface area contributed by atoms with Gasteiger partial charge in [-0.05, 0) is 19.1 Å². The van der Waals surface area contributed by atoms with E-state index in [1.54, 1.807) is 41.9 Å². The van der Waals surface area contributed by atoms with Gasteiger partial charge in [-0.3, -0.25) is 19.3 Å². The summed E-state index contributed by atoms with van der Waals surface area (Å²) in [5.74, 6) is -0.575. The Labute approximate surface area is 170 Å². The molecule has 28 heavy (non-hydrogen) atoms. The summed E-state index contributed by atoms with van der Waals surface area (Å²) in [5, 5.41) is 5.04. The Kier molecular flexibility index (Phi) is 6.37. The van der Waals surface area contributed by atoms with Gasteiger partial charge in [0, 0.05) is 35.8 Å². The second-order valence-electron chi connectivity index (χ2n) is 5.94. The van der Waals surface area contributed by atoms with Crippen LogP contribution in [0, 0.1) is 0 Å². The van der Waals surface area contributed by atoms with E-state index >= 15 is 0 Å². The number of amidine groups is 1. The number of rotatable bonds is 7. The third-order valence-corrected chi connectivity index (χ3v) is 5.71. The molecule has 1 atom stereocenters. The van der Waals surface area contributed by atoms with Gasteiger partial charge in [0.25, 0.3) is 0 Å². The molecule has 7 nitrogen and oxygen atoms in total. The number of benzene rings is 1. The second-order valence-corrected chi connectivity index (χ2v) is 7.99. The molecule has 1 aromatic carbocycles. The van der Waals surface area contributed by atoms with Gasteiger partial charge in [0.1, 0.15) is 5.25 Å². The molecule has 0 saturated carbocycles. The Morgan fingerprint density at radius 3 is 2.93 bits per heavy atom. The minimum atomic E-state index is -0.574. The van der Waals surface area contributed by atoms with Crippen molar-refractivity contribution in [2.75, 3.05) is 11.9 Å². The van der Waals surface area contributed by atoms with Gasteiger partial charge in [-0.15, -0.1) is 17.9 Å². The van der Waals surface area contributed by atoms with E-state index in [9.17, 15) is 14.4 Å². The fourth-order valence-corrected chi connectivity index (χ4v) is 4.28. The Morgan fingerprint density at radius 1 is 1.43 bits per heavy atom. The van der Waals surface area contributed by atoms with Crippen molar-refractivity contribution in [3.63, 3.8) is 0 Å². The number of hydrogen-bond acceptors (Lipinski definition) is 7. The van der Waals surface area contributed by atoms with Crippen LogP contribution >= 0.6 is 23.1 Å². The molecule has 2 amide bonds. The standard InChI is InChI=1S/C19H18N4O3S2/c1-3-8-23-17(26)15(28-19(23)22-18-20-7-9-27-18)11-16(25)21-14-6-4-5-13(10-14)12(2)24/h3-7,9-10,15H,1,8,11H2,2H3,(H,21,25). The number of aromatic nitrogens is 1. The van der Waals surface area contributed by atoms with Gasteiger partial charge in [0.15, 0.2) is 11.0 Å². The van der Waals surface area contributed by atoms with E-state index in [0.717, 1.165) is 0 Å². The van der Waals surface area contributed by atoms with E-state index < -0.39 is 5.25 Å². The van der Waals surface area contributed by atoms with Crippen molar-refractivity contribution >= 4 is 56.7 Å². The maximum atomic E-state index is 12.7. The second kappa shape index (κ2) is 8.94. The van der Waals surface area contributed by atoms with Gasteiger partial charge in [0.05, 0.1) is 0 Å². The molecular formula is C19H18N4O3S2. The molecule has 1 aliphatic heterocycles. The zero-order chi connectivity index (χ0) is 20.1. The zero-order valence-electron chi connectivity index (χ0n) is 15.1. The molecule has 2 aromatic rings. The number of anilines is 1. The topological polar surface area (TPSA) is 91.7 Å². The monoisotopic (exact) mass is 414 g/mol. The highest BCUT2D eigenvalue weighted by Crippen LogP contribution is 2.32. The summed E-state index contributed by atoms with van der Waals surface area (Å²) in [5.41, 5.74) is 1.03. The molecule has 3 rings (SSSR count). The summed E-state index contributed by atoms with van der Waals surface area (Å²) in [6.45, 7) is 5.46. The number of thiazole rings is 1. The van der Waals surface area contributed by atoms with Crippen molar-refractivity contribution in [2.24, 2.45) is 4.99 Å². The first-order valence-electron chi connectivity index (χ1n) is 8.46. The van der Waals surface area contributed by atoms with Crippen molar-refractivity contribution in [2.45, 2.75) is 18.6 Å². The summed E-state index contributed by atoms with van der Waals surface area (Å²) in [6, 6.07) is 6.70. The zero-order valence-corrected chi connectivity index (χ0v) is 16.8. The largest absolute Gasteiger partial charge is 0.326 e. The number of nitrogens with one attached hydrogen (secondary N) is 1. The molecule has 2 heterocycles. The molecule has 1 aliphatic rings. The van der Waals surface area contributed by atoms with Crippen molar-refractivity contribution in [1.82, 2.24) is 9.88 Å². The number of amides is 2. The van der Waals surface area contributed by atoms with Crippen molar-refractivity contribution in [3.05, 3.63) is 54.1 Å². The molecule has 0 aliphatic carbocycles. The van der Waals surface area contributed by atoms with Crippen LogP contribution in [0.15, 0.2) is 53.5 Å². The maximum absolute atomic E-state index is 12.7. The Bertz CT molecular complexity index is 940. The Balaban J connectivity index is 1.70. The predicted molar refractivity (Wildman–Crippen MR) is 112 cm³/mol. The van der Waals surface area contributed by atoms with Crippen LogP contribution in [0.3, 0.4) is 0 Å². The lowest BCUT2D eigenvalue weighted by molar-refractivity contribution is -0.127. The lowest BCUT2D eigenvalue weighted by Gasteiger charge is -2.13. The lowest BCUT2D eigenvalue weighted by Crippen LogP contribution is -2.33. The van der Waals surface area contributed by atoms with E-state index in [1.165, 1.54) is 34.9 Å². The van der Waals surface area contributed by atoms with E-state index in [4.69, 9.17) is 0 Å². The molecular weight excluding hydrogens is 396 g/mol. The summed E-state index contributed by atoms with van der Waals surface area (Å²) in [4.78, 5) is 46.6. The van der Waals surface area contributed by atoms with Gasteiger partial charge >= 0.3 is 0 Å². The van der Waals surface area contributed by atoms with E-state index in [2.05, 4.69) is 21.9 Å². The van der Waals surface area contributed by atoms with Crippen LogP contribution in [0.5, 0.6) is 0 Å². The summed E-state index contributed by atoms with van der Waals surface area (Å²) >= 11 is 2.61. The van der Waals surface area contributed by atoms with Crippen LogP contribution in [0.25, 0.3) is 0 Å². The summed E-state index contributed by atoms with van der Waals surface area (Å²) in [7, 11) is 0. The Morgan fingerprint density at radius 2 is 2.25 bits per heavy atom. The number of nitrogens with zero attached hydrogens (tertiary/aromatic N) is 3. The third kappa shape index (κ3) is 4.73. The molecule has 1 aromatic heterocycles. The van der Waals surface area contributed by atoms with Gasteiger partial charge in [-0.25, -0.2) is 4.98 Å². The van der Waals surface area contributed by atoms with Gasteiger partial charge in [0.2, 0.25) is 16.9 Å². The molecule has 1 N–H and O–H groups in total. The van der Waals surface area contributed by atoms with Crippen molar-refractivity contribution < 1.29 is 14.4 Å². The number of aliphatic imine (C=N–C) groups is 1. The third-order valence-electron chi connectivity index (χ3n) is 3.87. The fourth-order valence-electron chi connectivity index (χ4n) is 2.57. The average molecular weight is 415 g/mol. The smallest absolute Gasteiger partial charge is 0.242 e. The van der Waals surface area contributed by atoms with Crippen LogP contribution < -0.4 is 5.32 Å². The number of ketones is 1. The quantitative estimate of drug-likeness (QED) is 0.553. The van der Waals surface area contributed by atoms with Crippen LogP contribution in [0.2, 0.25) is 0 Å². The predicted octanol–water partition coefficient (Wildman–Crippen LogP) is 3.49. The minimum absolute atomic E-state index is 0.00166. The maximum Gasteiger partial charge on any atom is 0.242 e. The fraction of sp³-hybridized carbons (Fsp3) is 0.211. The molecule has 9 heteroatoms. The molecule has 1 fully saturated rings. The SMILES string of the molecule is C=CCN1C(=O)C(CC(=O)Nc2cccc(C(C)=O)c2)SC1=Nc1nccs1.